The Balaban J connectivity index is 1.86. The summed E-state index contributed by atoms with van der Waals surface area (Å²) in [7, 11) is 2.19. The van der Waals surface area contributed by atoms with Crippen molar-refractivity contribution in [1.82, 2.24) is 15.1 Å². The van der Waals surface area contributed by atoms with E-state index in [1.165, 1.54) is 13.0 Å². The molecule has 0 spiro atoms. The van der Waals surface area contributed by atoms with Gasteiger partial charge in [-0.25, -0.2) is 0 Å². The lowest BCUT2D eigenvalue weighted by molar-refractivity contribution is -0.0465. The van der Waals surface area contributed by atoms with E-state index in [0.29, 0.717) is 18.2 Å². The van der Waals surface area contributed by atoms with E-state index in [1.54, 1.807) is 0 Å². The van der Waals surface area contributed by atoms with Crippen molar-refractivity contribution in [3.05, 3.63) is 0 Å². The fraction of sp³-hybridized carbons (Fsp3) is 1.00. The maximum atomic E-state index is 5.92. The number of morpholine rings is 1. The molecule has 2 aliphatic rings. The molecule has 112 valence electrons. The van der Waals surface area contributed by atoms with Gasteiger partial charge >= 0.3 is 0 Å². The minimum absolute atomic E-state index is 0.386. The molecule has 0 bridgehead atoms. The van der Waals surface area contributed by atoms with Gasteiger partial charge in [-0.15, -0.1) is 0 Å². The zero-order valence-electron chi connectivity index (χ0n) is 13.1. The summed E-state index contributed by atoms with van der Waals surface area (Å²) in [6.07, 6.45) is 1.64. The number of nitrogens with zero attached hydrogens (tertiary/aromatic N) is 2. The number of nitrogens with one attached hydrogen (secondary N) is 1. The van der Waals surface area contributed by atoms with E-state index in [9.17, 15) is 0 Å². The Morgan fingerprint density at radius 3 is 2.84 bits per heavy atom. The van der Waals surface area contributed by atoms with Crippen molar-refractivity contribution < 1.29 is 4.74 Å². The highest BCUT2D eigenvalue weighted by Gasteiger charge is 2.30. The first-order chi connectivity index (χ1) is 9.10. The molecule has 2 rings (SSSR count). The Morgan fingerprint density at radius 2 is 2.16 bits per heavy atom. The van der Waals surface area contributed by atoms with Gasteiger partial charge in [0.1, 0.15) is 0 Å². The molecule has 4 atom stereocenters. The number of hydrogen-bond acceptors (Lipinski definition) is 4. The van der Waals surface area contributed by atoms with Crippen molar-refractivity contribution >= 4 is 0 Å². The fourth-order valence-electron chi connectivity index (χ4n) is 3.11. The van der Waals surface area contributed by atoms with E-state index in [1.807, 2.05) is 0 Å². The average molecular weight is 269 g/mol. The van der Waals surface area contributed by atoms with Gasteiger partial charge in [0.05, 0.1) is 12.7 Å². The van der Waals surface area contributed by atoms with Crippen LogP contribution in [0.15, 0.2) is 0 Å². The van der Waals surface area contributed by atoms with Crippen LogP contribution in [0, 0.1) is 5.92 Å². The number of rotatable bonds is 4. The average Bonchev–Trinajstić information content (AvgIpc) is 2.40. The third-order valence-corrected chi connectivity index (χ3v) is 4.84. The van der Waals surface area contributed by atoms with Gasteiger partial charge in [0.25, 0.3) is 0 Å². The van der Waals surface area contributed by atoms with Crippen molar-refractivity contribution in [2.45, 2.75) is 45.4 Å². The Kier molecular flexibility index (Phi) is 5.63. The third kappa shape index (κ3) is 4.15. The predicted octanol–water partition coefficient (Wildman–Crippen LogP) is 1.03. The molecule has 1 N–H and O–H groups in total. The van der Waals surface area contributed by atoms with Crippen molar-refractivity contribution in [3.8, 4) is 0 Å². The van der Waals surface area contributed by atoms with Crippen molar-refractivity contribution in [1.29, 1.82) is 0 Å². The van der Waals surface area contributed by atoms with E-state index in [4.69, 9.17) is 4.74 Å². The molecular formula is C15H31N3O. The van der Waals surface area contributed by atoms with Gasteiger partial charge in [0.15, 0.2) is 0 Å². The van der Waals surface area contributed by atoms with Crippen LogP contribution in [0.4, 0.5) is 0 Å². The van der Waals surface area contributed by atoms with Crippen molar-refractivity contribution in [3.63, 3.8) is 0 Å². The van der Waals surface area contributed by atoms with Crippen LogP contribution in [-0.4, -0.2) is 74.4 Å². The van der Waals surface area contributed by atoms with Crippen LogP contribution in [-0.2, 0) is 4.74 Å². The molecule has 0 aromatic heterocycles. The van der Waals surface area contributed by atoms with Gasteiger partial charge in [-0.1, -0.05) is 20.3 Å². The maximum Gasteiger partial charge on any atom is 0.0829 e. The topological polar surface area (TPSA) is 27.7 Å². The second-order valence-electron chi connectivity index (χ2n) is 6.46. The van der Waals surface area contributed by atoms with Crippen LogP contribution >= 0.6 is 0 Å². The quantitative estimate of drug-likeness (QED) is 0.825. The molecule has 2 heterocycles. The minimum Gasteiger partial charge on any atom is -0.374 e. The molecule has 0 aromatic rings. The molecule has 4 heteroatoms. The highest BCUT2D eigenvalue weighted by atomic mass is 16.5. The van der Waals surface area contributed by atoms with Gasteiger partial charge in [-0.3, -0.25) is 4.90 Å². The summed E-state index contributed by atoms with van der Waals surface area (Å²) in [6, 6.07) is 1.26. The zero-order valence-corrected chi connectivity index (χ0v) is 13.1. The predicted molar refractivity (Wildman–Crippen MR) is 79.5 cm³/mol. The molecule has 0 saturated carbocycles. The van der Waals surface area contributed by atoms with Gasteiger partial charge < -0.3 is 15.0 Å². The van der Waals surface area contributed by atoms with Crippen LogP contribution in [0.25, 0.3) is 0 Å². The Hall–Kier alpha value is -0.160. The Bertz CT molecular complexity index is 274. The van der Waals surface area contributed by atoms with Crippen LogP contribution in [0.2, 0.25) is 0 Å². The second-order valence-corrected chi connectivity index (χ2v) is 6.46. The van der Waals surface area contributed by atoms with Crippen molar-refractivity contribution in [2.75, 3.05) is 46.4 Å². The molecule has 0 aromatic carbocycles. The number of hydrogen-bond donors (Lipinski definition) is 1. The van der Waals surface area contributed by atoms with Crippen LogP contribution in [0.5, 0.6) is 0 Å². The molecule has 2 fully saturated rings. The van der Waals surface area contributed by atoms with Gasteiger partial charge in [0, 0.05) is 44.8 Å². The Labute approximate surface area is 118 Å². The molecule has 0 radical (unpaired) electrons. The molecular weight excluding hydrogens is 238 g/mol. The number of likely N-dealkylation sites (N-methyl/N-ethyl adjacent to an activating group) is 1. The Morgan fingerprint density at radius 1 is 1.37 bits per heavy atom. The zero-order chi connectivity index (χ0) is 13.8. The van der Waals surface area contributed by atoms with E-state index in [-0.39, 0.29) is 0 Å². The normalized spacial score (nSPS) is 36.3. The van der Waals surface area contributed by atoms with E-state index < -0.39 is 0 Å². The molecule has 0 aliphatic carbocycles. The standard InChI is InChI=1S/C15H31N3O/c1-5-12(2)15-11-18(13(3)8-16-15)10-14-9-17(4)6-7-19-14/h12-16H,5-11H2,1-4H3. The molecule has 4 nitrogen and oxygen atoms in total. The van der Waals surface area contributed by atoms with Crippen molar-refractivity contribution in [2.24, 2.45) is 5.92 Å². The first-order valence-corrected chi connectivity index (χ1v) is 7.87. The first-order valence-electron chi connectivity index (χ1n) is 7.87. The lowest BCUT2D eigenvalue weighted by Crippen LogP contribution is -2.59. The SMILES string of the molecule is CCC(C)C1CN(CC2CN(C)CCO2)C(C)CN1. The van der Waals surface area contributed by atoms with E-state index in [2.05, 4.69) is 42.9 Å². The minimum atomic E-state index is 0.386. The summed E-state index contributed by atoms with van der Waals surface area (Å²) >= 11 is 0. The molecule has 2 saturated heterocycles. The molecule has 19 heavy (non-hydrogen) atoms. The van der Waals surface area contributed by atoms with E-state index in [0.717, 1.165) is 38.7 Å². The smallest absolute Gasteiger partial charge is 0.0829 e. The summed E-state index contributed by atoms with van der Waals surface area (Å²) < 4.78 is 5.92. The number of ether oxygens (including phenoxy) is 1. The first kappa shape index (κ1) is 15.2. The fourth-order valence-corrected chi connectivity index (χ4v) is 3.11. The monoisotopic (exact) mass is 269 g/mol. The van der Waals surface area contributed by atoms with Crippen LogP contribution < -0.4 is 5.32 Å². The lowest BCUT2D eigenvalue weighted by Gasteiger charge is -2.43. The number of piperazine rings is 1. The highest BCUT2D eigenvalue weighted by Crippen LogP contribution is 2.17. The van der Waals surface area contributed by atoms with Gasteiger partial charge in [-0.05, 0) is 19.9 Å². The summed E-state index contributed by atoms with van der Waals surface area (Å²) in [5.41, 5.74) is 0. The van der Waals surface area contributed by atoms with Crippen LogP contribution in [0.3, 0.4) is 0 Å². The highest BCUT2D eigenvalue weighted by molar-refractivity contribution is 4.88. The summed E-state index contributed by atoms with van der Waals surface area (Å²) in [5.74, 6) is 0.755. The summed E-state index contributed by atoms with van der Waals surface area (Å²) in [4.78, 5) is 5.00. The third-order valence-electron chi connectivity index (χ3n) is 4.84. The van der Waals surface area contributed by atoms with Crippen LogP contribution in [0.1, 0.15) is 27.2 Å². The van der Waals surface area contributed by atoms with Gasteiger partial charge in [0.2, 0.25) is 0 Å². The van der Waals surface area contributed by atoms with E-state index >= 15 is 0 Å². The lowest BCUT2D eigenvalue weighted by atomic mass is 9.95. The van der Waals surface area contributed by atoms with Gasteiger partial charge in [-0.2, -0.15) is 0 Å². The molecule has 0 amide bonds. The maximum absolute atomic E-state index is 5.92. The molecule has 2 aliphatic heterocycles. The summed E-state index contributed by atoms with van der Waals surface area (Å²) in [5, 5.41) is 3.70. The largest absolute Gasteiger partial charge is 0.374 e. The second kappa shape index (κ2) is 7.02. The summed E-state index contributed by atoms with van der Waals surface area (Å²) in [6.45, 7) is 13.4. The molecule has 4 unspecified atom stereocenters.